The van der Waals surface area contributed by atoms with Crippen molar-refractivity contribution >= 4 is 29.0 Å². The molecule has 0 saturated heterocycles. The van der Waals surface area contributed by atoms with Gasteiger partial charge < -0.3 is 0 Å². The van der Waals surface area contributed by atoms with Crippen molar-refractivity contribution in [3.8, 4) is 0 Å². The lowest BCUT2D eigenvalue weighted by molar-refractivity contribution is -0.140. The van der Waals surface area contributed by atoms with E-state index in [1.54, 1.807) is 13.8 Å². The van der Waals surface area contributed by atoms with Crippen LogP contribution in [-0.4, -0.2) is 17.3 Å². The molecule has 0 N–H and O–H groups in total. The van der Waals surface area contributed by atoms with Crippen molar-refractivity contribution in [2.24, 2.45) is 11.3 Å². The lowest BCUT2D eigenvalue weighted by atomic mass is 9.68. The smallest absolute Gasteiger partial charge is 0.185 e. The van der Waals surface area contributed by atoms with Crippen LogP contribution < -0.4 is 0 Å². The van der Waals surface area contributed by atoms with Crippen LogP contribution in [0.5, 0.6) is 0 Å². The average molecular weight is 297 g/mol. The first-order chi connectivity index (χ1) is 9.25. The Hall–Kier alpha value is -1.55. The maximum absolute atomic E-state index is 13.8. The highest BCUT2D eigenvalue weighted by molar-refractivity contribution is 6.36. The molecule has 1 saturated carbocycles. The second-order valence-corrected chi connectivity index (χ2v) is 6.02. The van der Waals surface area contributed by atoms with Crippen molar-refractivity contribution < 1.29 is 18.8 Å². The second kappa shape index (κ2) is 5.09. The molecule has 106 valence electrons. The topological polar surface area (TPSA) is 51.2 Å². The van der Waals surface area contributed by atoms with Crippen LogP contribution in [0.3, 0.4) is 0 Å². The van der Waals surface area contributed by atoms with Gasteiger partial charge in [0.15, 0.2) is 17.3 Å². The van der Waals surface area contributed by atoms with Gasteiger partial charge in [-0.15, -0.1) is 0 Å². The molecule has 3 nitrogen and oxygen atoms in total. The number of halogens is 2. The lowest BCUT2D eigenvalue weighted by Crippen LogP contribution is -2.45. The Kier molecular flexibility index (Phi) is 3.78. The maximum Gasteiger partial charge on any atom is 0.185 e. The van der Waals surface area contributed by atoms with Crippen molar-refractivity contribution in [3.05, 3.63) is 34.6 Å². The minimum atomic E-state index is -1.44. The van der Waals surface area contributed by atoms with Gasteiger partial charge in [0.05, 0.1) is 10.6 Å². The van der Waals surface area contributed by atoms with Crippen LogP contribution >= 0.6 is 11.6 Å². The highest BCUT2D eigenvalue weighted by atomic mass is 35.5. The number of hydrogen-bond donors (Lipinski definition) is 0. The van der Waals surface area contributed by atoms with Crippen LogP contribution in [0.15, 0.2) is 18.2 Å². The number of ketones is 3. The number of carbonyl (C=O) groups excluding carboxylic acids is 3. The number of Topliss-reactive ketones (excluding diaryl/α,β-unsaturated/α-hetero) is 3. The van der Waals surface area contributed by atoms with Crippen molar-refractivity contribution in [2.75, 3.05) is 0 Å². The summed E-state index contributed by atoms with van der Waals surface area (Å²) in [6, 6.07) is 3.81. The fourth-order valence-corrected chi connectivity index (χ4v) is 2.64. The van der Waals surface area contributed by atoms with Gasteiger partial charge in [0.1, 0.15) is 11.7 Å². The van der Waals surface area contributed by atoms with E-state index in [9.17, 15) is 18.8 Å². The summed E-state index contributed by atoms with van der Waals surface area (Å²) in [4.78, 5) is 36.6. The number of benzene rings is 1. The lowest BCUT2D eigenvalue weighted by Gasteiger charge is -2.31. The van der Waals surface area contributed by atoms with Gasteiger partial charge in [0.2, 0.25) is 0 Å². The molecule has 1 aromatic carbocycles. The SMILES string of the molecule is CC1(C)CCC(=O)C(C(=O)c2c(F)cccc2Cl)C1=O. The molecule has 0 spiro atoms. The van der Waals surface area contributed by atoms with E-state index in [2.05, 4.69) is 0 Å². The van der Waals surface area contributed by atoms with Gasteiger partial charge in [-0.2, -0.15) is 0 Å². The molecule has 1 unspecified atom stereocenters. The molecule has 0 aromatic heterocycles. The largest absolute Gasteiger partial charge is 0.298 e. The summed E-state index contributed by atoms with van der Waals surface area (Å²) in [6.45, 7) is 3.37. The van der Waals surface area contributed by atoms with Crippen molar-refractivity contribution in [1.82, 2.24) is 0 Å². The van der Waals surface area contributed by atoms with Crippen LogP contribution in [0.2, 0.25) is 5.02 Å². The van der Waals surface area contributed by atoms with Gasteiger partial charge in [-0.1, -0.05) is 31.5 Å². The Balaban J connectivity index is 2.47. The number of rotatable bonds is 2. The maximum atomic E-state index is 13.8. The third kappa shape index (κ3) is 2.40. The van der Waals surface area contributed by atoms with E-state index in [1.807, 2.05) is 0 Å². The van der Waals surface area contributed by atoms with Gasteiger partial charge in [-0.25, -0.2) is 4.39 Å². The molecule has 1 aromatic rings. The zero-order valence-electron chi connectivity index (χ0n) is 11.2. The molecule has 5 heteroatoms. The zero-order valence-corrected chi connectivity index (χ0v) is 12.0. The molecule has 2 rings (SSSR count). The van der Waals surface area contributed by atoms with E-state index < -0.39 is 34.5 Å². The summed E-state index contributed by atoms with van der Waals surface area (Å²) in [7, 11) is 0. The summed E-state index contributed by atoms with van der Waals surface area (Å²) >= 11 is 5.83. The Morgan fingerprint density at radius 1 is 1.35 bits per heavy atom. The van der Waals surface area contributed by atoms with Crippen LogP contribution in [0.1, 0.15) is 37.0 Å². The van der Waals surface area contributed by atoms with Crippen molar-refractivity contribution in [1.29, 1.82) is 0 Å². The molecular formula is C15H14ClFO3. The van der Waals surface area contributed by atoms with Crippen LogP contribution in [0.25, 0.3) is 0 Å². The fourth-order valence-electron chi connectivity index (χ4n) is 2.38. The van der Waals surface area contributed by atoms with E-state index in [0.717, 1.165) is 6.07 Å². The minimum Gasteiger partial charge on any atom is -0.298 e. The van der Waals surface area contributed by atoms with E-state index >= 15 is 0 Å². The van der Waals surface area contributed by atoms with Crippen molar-refractivity contribution in [2.45, 2.75) is 26.7 Å². The Morgan fingerprint density at radius 2 is 2.00 bits per heavy atom. The van der Waals surface area contributed by atoms with Crippen LogP contribution in [-0.2, 0) is 9.59 Å². The second-order valence-electron chi connectivity index (χ2n) is 5.61. The molecule has 0 aliphatic heterocycles. The molecule has 1 aliphatic carbocycles. The van der Waals surface area contributed by atoms with E-state index in [-0.39, 0.29) is 17.0 Å². The molecule has 0 radical (unpaired) electrons. The standard InChI is InChI=1S/C15H14ClFO3/c1-15(2)7-6-10(18)12(14(15)20)13(19)11-8(16)4-3-5-9(11)17/h3-5,12H,6-7H2,1-2H3. The van der Waals surface area contributed by atoms with E-state index in [4.69, 9.17) is 11.6 Å². The molecule has 0 bridgehead atoms. The Morgan fingerprint density at radius 3 is 2.60 bits per heavy atom. The molecule has 1 aliphatic rings. The van der Waals surface area contributed by atoms with Gasteiger partial charge in [0, 0.05) is 11.8 Å². The number of carbonyl (C=O) groups is 3. The molecule has 0 amide bonds. The summed E-state index contributed by atoms with van der Waals surface area (Å²) in [5.74, 6) is -4.01. The Bertz CT molecular complexity index is 587. The Labute approximate surface area is 121 Å². The minimum absolute atomic E-state index is 0.0843. The van der Waals surface area contributed by atoms with Crippen LogP contribution in [0, 0.1) is 17.2 Å². The van der Waals surface area contributed by atoms with Gasteiger partial charge in [-0.3, -0.25) is 14.4 Å². The quantitative estimate of drug-likeness (QED) is 0.622. The normalized spacial score (nSPS) is 21.9. The van der Waals surface area contributed by atoms with Gasteiger partial charge in [0.25, 0.3) is 0 Å². The molecule has 1 atom stereocenters. The third-order valence-corrected chi connectivity index (χ3v) is 4.03. The summed E-state index contributed by atoms with van der Waals surface area (Å²) < 4.78 is 13.8. The molecule has 20 heavy (non-hydrogen) atoms. The molecule has 1 fully saturated rings. The molecular weight excluding hydrogens is 283 g/mol. The van der Waals surface area contributed by atoms with E-state index in [0.29, 0.717) is 6.42 Å². The predicted octanol–water partition coefficient (Wildman–Crippen LogP) is 3.24. The summed E-state index contributed by atoms with van der Waals surface area (Å²) in [6.07, 6.45) is 0.542. The summed E-state index contributed by atoms with van der Waals surface area (Å²) in [5, 5.41) is -0.0843. The third-order valence-electron chi connectivity index (χ3n) is 3.72. The molecule has 0 heterocycles. The fraction of sp³-hybridized carbons (Fsp3) is 0.400. The summed E-state index contributed by atoms with van der Waals surface area (Å²) in [5.41, 5.74) is -1.13. The first kappa shape index (κ1) is 14.9. The highest BCUT2D eigenvalue weighted by Crippen LogP contribution is 2.36. The van der Waals surface area contributed by atoms with Gasteiger partial charge >= 0.3 is 0 Å². The first-order valence-corrected chi connectivity index (χ1v) is 6.69. The predicted molar refractivity (Wildman–Crippen MR) is 72.3 cm³/mol. The first-order valence-electron chi connectivity index (χ1n) is 6.31. The average Bonchev–Trinajstić information content (AvgIpc) is 2.35. The number of hydrogen-bond acceptors (Lipinski definition) is 3. The monoisotopic (exact) mass is 296 g/mol. The zero-order chi connectivity index (χ0) is 15.1. The van der Waals surface area contributed by atoms with E-state index in [1.165, 1.54) is 12.1 Å². The van der Waals surface area contributed by atoms with Crippen molar-refractivity contribution in [3.63, 3.8) is 0 Å². The van der Waals surface area contributed by atoms with Gasteiger partial charge in [-0.05, 0) is 18.6 Å². The van der Waals surface area contributed by atoms with Crippen LogP contribution in [0.4, 0.5) is 4.39 Å². The highest BCUT2D eigenvalue weighted by Gasteiger charge is 2.46.